The van der Waals surface area contributed by atoms with Gasteiger partial charge in [-0.25, -0.2) is 0 Å². The molecule has 1 radical (unpaired) electrons. The summed E-state index contributed by atoms with van der Waals surface area (Å²) >= 11 is 0. The second-order valence-corrected chi connectivity index (χ2v) is 20.8. The topological polar surface area (TPSA) is 38.9 Å². The number of hydrogen-bond acceptors (Lipinski definition) is 3. The molecule has 0 spiro atoms. The van der Waals surface area contributed by atoms with Crippen LogP contribution in [0.1, 0.15) is 64.5 Å². The fourth-order valence-electron chi connectivity index (χ4n) is 7.03. The molecule has 7 rings (SSSR count). The van der Waals surface area contributed by atoms with E-state index in [-0.39, 0.29) is 25.5 Å². The molecule has 0 N–H and O–H groups in total. The van der Waals surface area contributed by atoms with Gasteiger partial charge in [-0.3, -0.25) is 0 Å². The van der Waals surface area contributed by atoms with Gasteiger partial charge >= 0.3 is 0 Å². The smallest absolute Gasteiger partial charge is 0.121 e. The van der Waals surface area contributed by atoms with E-state index >= 15 is 0 Å². The Labute approximate surface area is 325 Å². The van der Waals surface area contributed by atoms with Crippen LogP contribution in [0.4, 0.5) is 0 Å². The zero-order valence-electron chi connectivity index (χ0n) is 31.8. The van der Waals surface area contributed by atoms with Crippen molar-refractivity contribution in [3.05, 3.63) is 139 Å². The van der Waals surface area contributed by atoms with E-state index in [1.807, 2.05) is 42.6 Å². The summed E-state index contributed by atoms with van der Waals surface area (Å²) < 4.78 is 6.38. The molecule has 4 aromatic carbocycles. The minimum absolute atomic E-state index is 0. The number of furan rings is 1. The van der Waals surface area contributed by atoms with Crippen molar-refractivity contribution in [1.82, 2.24) is 9.97 Å². The summed E-state index contributed by atoms with van der Waals surface area (Å²) in [7, 11) is -1.37. The van der Waals surface area contributed by atoms with E-state index in [4.69, 9.17) is 9.40 Å². The Balaban J connectivity index is 0.000000210. The van der Waals surface area contributed by atoms with E-state index in [2.05, 4.69) is 144 Å². The summed E-state index contributed by atoms with van der Waals surface area (Å²) in [6.45, 7) is 18.6. The van der Waals surface area contributed by atoms with Crippen molar-refractivity contribution in [1.29, 1.82) is 0 Å². The third-order valence-electron chi connectivity index (χ3n) is 9.54. The molecule has 0 aliphatic rings. The van der Waals surface area contributed by atoms with Crippen LogP contribution < -0.4 is 5.19 Å². The maximum Gasteiger partial charge on any atom is 0.121 e. The van der Waals surface area contributed by atoms with Gasteiger partial charge in [-0.1, -0.05) is 131 Å². The fourth-order valence-corrected chi connectivity index (χ4v) is 8.60. The molecule has 5 heteroatoms. The minimum atomic E-state index is -1.37. The van der Waals surface area contributed by atoms with Crippen molar-refractivity contribution in [2.24, 2.45) is 5.41 Å². The Morgan fingerprint density at radius 3 is 2.19 bits per heavy atom. The van der Waals surface area contributed by atoms with Crippen LogP contribution in [0.3, 0.4) is 0 Å². The van der Waals surface area contributed by atoms with E-state index in [1.54, 1.807) is 0 Å². The van der Waals surface area contributed by atoms with Crippen LogP contribution in [-0.2, 0) is 26.5 Å². The molecule has 52 heavy (non-hydrogen) atoms. The molecule has 0 bridgehead atoms. The molecule has 0 fully saturated rings. The van der Waals surface area contributed by atoms with Crippen molar-refractivity contribution in [3.8, 4) is 33.6 Å². The molecule has 0 unspecified atom stereocenters. The number of hydrogen-bond donors (Lipinski definition) is 0. The predicted molar refractivity (Wildman–Crippen MR) is 219 cm³/mol. The largest absolute Gasteiger partial charge is 0.501 e. The molecular weight excluding hydrogens is 829 g/mol. The molecule has 0 saturated carbocycles. The van der Waals surface area contributed by atoms with E-state index in [1.165, 1.54) is 27.4 Å². The standard InChI is InChI=1S/C28H24NO.C19H26NSi.Ir/c1-3-19(4-2)21-16-17-29-25(18-21)23-13-8-14-24-27-22(20-10-6-5-7-11-20)12-9-15-26(27)30-28(23)24;1-19(2,3)13-16-12-17(15-10-8-7-9-11-15)20-14-18(16)21(4,5)6;/h5-12,14-19H,3-4H2,1-2H3;7-10,12,14H,13H2,1-6H3;/q2*-1;. The van der Waals surface area contributed by atoms with Gasteiger partial charge in [-0.15, -0.1) is 54.1 Å². The summed E-state index contributed by atoms with van der Waals surface area (Å²) in [5.74, 6) is 0.548. The number of fused-ring (bicyclic) bond motifs is 3. The normalized spacial score (nSPS) is 11.7. The number of pyridine rings is 2. The Kier molecular flexibility index (Phi) is 12.5. The summed E-state index contributed by atoms with van der Waals surface area (Å²) in [6, 6.07) is 42.2. The Bertz CT molecular complexity index is 2230. The average molecular weight is 879 g/mol. The summed E-state index contributed by atoms with van der Waals surface area (Å²) in [4.78, 5) is 9.38. The van der Waals surface area contributed by atoms with Gasteiger partial charge in [0.15, 0.2) is 0 Å². The summed E-state index contributed by atoms with van der Waals surface area (Å²) in [5.41, 5.74) is 11.2. The van der Waals surface area contributed by atoms with Crippen molar-refractivity contribution in [2.45, 2.75) is 79.4 Å². The Morgan fingerprint density at radius 2 is 1.52 bits per heavy atom. The summed E-state index contributed by atoms with van der Waals surface area (Å²) in [6.07, 6.45) is 7.37. The number of rotatable bonds is 8. The van der Waals surface area contributed by atoms with Crippen LogP contribution in [0.25, 0.3) is 55.6 Å². The number of aromatic nitrogens is 2. The zero-order valence-corrected chi connectivity index (χ0v) is 35.2. The fraction of sp³-hybridized carbons (Fsp3) is 0.277. The van der Waals surface area contributed by atoms with Gasteiger partial charge in [0.1, 0.15) is 5.58 Å². The van der Waals surface area contributed by atoms with Crippen LogP contribution in [0.2, 0.25) is 19.6 Å². The summed E-state index contributed by atoms with van der Waals surface area (Å²) in [5, 5.41) is 3.73. The first-order chi connectivity index (χ1) is 24.5. The molecule has 0 aliphatic heterocycles. The predicted octanol–water partition coefficient (Wildman–Crippen LogP) is 12.7. The molecule has 269 valence electrons. The molecular formula is C47H50IrN2OSi-2. The van der Waals surface area contributed by atoms with Gasteiger partial charge in [0.05, 0.1) is 13.7 Å². The van der Waals surface area contributed by atoms with E-state index in [0.717, 1.165) is 63.7 Å². The molecule has 0 amide bonds. The first-order valence-electron chi connectivity index (χ1n) is 18.3. The second-order valence-electron chi connectivity index (χ2n) is 15.7. The average Bonchev–Trinajstić information content (AvgIpc) is 3.51. The maximum absolute atomic E-state index is 6.38. The van der Waals surface area contributed by atoms with Gasteiger partial charge in [0.2, 0.25) is 0 Å². The van der Waals surface area contributed by atoms with Gasteiger partial charge in [-0.2, -0.15) is 0 Å². The van der Waals surface area contributed by atoms with Crippen molar-refractivity contribution >= 4 is 35.2 Å². The maximum atomic E-state index is 6.38. The van der Waals surface area contributed by atoms with Crippen LogP contribution in [0.5, 0.6) is 0 Å². The quantitative estimate of drug-likeness (QED) is 0.113. The van der Waals surface area contributed by atoms with Gasteiger partial charge < -0.3 is 14.4 Å². The Hall–Kier alpha value is -4.15. The number of nitrogens with zero attached hydrogens (tertiary/aromatic N) is 2. The van der Waals surface area contributed by atoms with Crippen LogP contribution >= 0.6 is 0 Å². The van der Waals surface area contributed by atoms with Crippen LogP contribution in [0.15, 0.2) is 120 Å². The van der Waals surface area contributed by atoms with Gasteiger partial charge in [-0.05, 0) is 70.4 Å². The van der Waals surface area contributed by atoms with Crippen LogP contribution in [-0.4, -0.2) is 18.0 Å². The van der Waals surface area contributed by atoms with Crippen LogP contribution in [0, 0.1) is 17.5 Å². The van der Waals surface area contributed by atoms with Crippen molar-refractivity contribution in [2.75, 3.05) is 0 Å². The third-order valence-corrected chi connectivity index (χ3v) is 11.6. The minimum Gasteiger partial charge on any atom is -0.501 e. The SMILES string of the molecule is CC(C)(C)Cc1cc(-c2[c-]cccc2)ncc1[Si](C)(C)C.CCC(CC)c1ccnc(-c2[c-]ccc3c2oc2cccc(-c4ccccc4)c23)c1.[Ir]. The second kappa shape index (κ2) is 16.7. The van der Waals surface area contributed by atoms with Crippen molar-refractivity contribution in [3.63, 3.8) is 0 Å². The Morgan fingerprint density at radius 1 is 0.769 bits per heavy atom. The molecule has 3 nitrogen and oxygen atoms in total. The number of benzene rings is 4. The molecule has 0 atom stereocenters. The van der Waals surface area contributed by atoms with E-state index in [0.29, 0.717) is 5.92 Å². The molecule has 0 aliphatic carbocycles. The van der Waals surface area contributed by atoms with Crippen molar-refractivity contribution < 1.29 is 24.5 Å². The monoisotopic (exact) mass is 879 g/mol. The first kappa shape index (κ1) is 39.1. The van der Waals surface area contributed by atoms with Gasteiger partial charge in [0.25, 0.3) is 0 Å². The third kappa shape index (κ3) is 8.89. The molecule has 3 heterocycles. The zero-order chi connectivity index (χ0) is 36.2. The molecule has 7 aromatic rings. The molecule has 3 aromatic heterocycles. The van der Waals surface area contributed by atoms with Gasteiger partial charge in [0, 0.05) is 37.9 Å². The van der Waals surface area contributed by atoms with E-state index in [9.17, 15) is 0 Å². The van der Waals surface area contributed by atoms with E-state index < -0.39 is 8.07 Å². The molecule has 0 saturated heterocycles. The first-order valence-corrected chi connectivity index (χ1v) is 21.8.